The Balaban J connectivity index is 1.10. The number of anilines is 1. The minimum Gasteiger partial charge on any atom is -0.508 e. The number of carbonyl (C=O) groups excluding carboxylic acids is 4. The predicted octanol–water partition coefficient (Wildman–Crippen LogP) is 7.68. The molecular formula is C63H77N9O8. The number of benzene rings is 3. The van der Waals surface area contributed by atoms with Crippen molar-refractivity contribution >= 4 is 40.3 Å². The number of cyclic esters (lactones) is 1. The normalized spacial score (nSPS) is 21.7. The number of aromatic nitrogens is 2. The summed E-state index contributed by atoms with van der Waals surface area (Å²) >= 11 is 0. The molecule has 0 aliphatic carbocycles. The lowest BCUT2D eigenvalue weighted by Crippen LogP contribution is -2.62. The SMILES string of the molecule is CCn1c(-c2cc(C#CCN3CCC(C#N)CC3)cnc2C(C)OC)c2c3cc(ccc31)-c1cc(O)cc(c1)CC(NC(=O)C(C(C)C)N(C)C(=O)C1OCCC1c1ccc(N)cc1)C(=O)N1CCCC(N1)C(=O)OCC(C)(C)C2. The third-order valence-electron chi connectivity index (χ3n) is 16.4. The number of fused-ring (bicyclic) bond motifs is 6. The average molecular weight is 1090 g/mol. The second kappa shape index (κ2) is 24.6. The molecule has 17 heteroatoms. The summed E-state index contributed by atoms with van der Waals surface area (Å²) in [6.45, 7) is 15.5. The van der Waals surface area contributed by atoms with E-state index >= 15 is 0 Å². The molecule has 0 spiro atoms. The number of phenolic OH excluding ortho intramolecular Hbond substituents is 1. The summed E-state index contributed by atoms with van der Waals surface area (Å²) < 4.78 is 20.5. The Kier molecular flexibility index (Phi) is 17.7. The lowest BCUT2D eigenvalue weighted by atomic mass is 9.84. The van der Waals surface area contributed by atoms with E-state index < -0.39 is 47.4 Å². The van der Waals surface area contributed by atoms with E-state index in [1.54, 1.807) is 44.6 Å². The quantitative estimate of drug-likeness (QED) is 0.0568. The number of nitriles is 1. The summed E-state index contributed by atoms with van der Waals surface area (Å²) in [4.78, 5) is 67.2. The Labute approximate surface area is 470 Å². The molecule has 17 nitrogen and oxygen atoms in total. The van der Waals surface area contributed by atoms with Gasteiger partial charge in [-0.15, -0.1) is 0 Å². The molecule has 6 unspecified atom stereocenters. The van der Waals surface area contributed by atoms with Gasteiger partial charge in [-0.25, -0.2) is 5.43 Å². The highest BCUT2D eigenvalue weighted by atomic mass is 16.5. The van der Waals surface area contributed by atoms with Crippen molar-refractivity contribution in [1.29, 1.82) is 5.26 Å². The number of esters is 1. The number of likely N-dealkylation sites (N-methyl/N-ethyl adjacent to an activating group) is 1. The van der Waals surface area contributed by atoms with Crippen molar-refractivity contribution in [1.82, 2.24) is 35.1 Å². The van der Waals surface area contributed by atoms with Gasteiger partial charge in [-0.1, -0.05) is 63.8 Å². The monoisotopic (exact) mass is 1090 g/mol. The highest BCUT2D eigenvalue weighted by Crippen LogP contribution is 2.43. The largest absolute Gasteiger partial charge is 0.508 e. The number of piperidine rings is 1. The Morgan fingerprint density at radius 1 is 1.01 bits per heavy atom. The van der Waals surface area contributed by atoms with Crippen molar-refractivity contribution in [3.05, 3.63) is 101 Å². The Morgan fingerprint density at radius 3 is 2.49 bits per heavy atom. The van der Waals surface area contributed by atoms with Crippen LogP contribution in [0, 0.1) is 40.4 Å². The molecular weight excluding hydrogens is 1010 g/mol. The van der Waals surface area contributed by atoms with Crippen LogP contribution in [0.4, 0.5) is 5.69 Å². The number of hydrogen-bond donors (Lipinski definition) is 4. The van der Waals surface area contributed by atoms with Gasteiger partial charge in [0.15, 0.2) is 0 Å². The molecule has 6 bridgehead atoms. The van der Waals surface area contributed by atoms with Crippen LogP contribution in [0.2, 0.25) is 0 Å². The first-order valence-corrected chi connectivity index (χ1v) is 28.3. The van der Waals surface area contributed by atoms with Gasteiger partial charge in [-0.05, 0) is 129 Å². The molecule has 3 aromatic carbocycles. The van der Waals surface area contributed by atoms with Crippen LogP contribution in [0.1, 0.15) is 114 Å². The number of hydrazine groups is 1. The topological polar surface area (TPSA) is 218 Å². The molecule has 80 heavy (non-hydrogen) atoms. The van der Waals surface area contributed by atoms with Crippen LogP contribution in [0.15, 0.2) is 72.9 Å². The first-order chi connectivity index (χ1) is 38.4. The average Bonchev–Trinajstić information content (AvgIpc) is 4.07. The number of phenols is 1. The fourth-order valence-corrected chi connectivity index (χ4v) is 12.1. The molecule has 5 aromatic rings. The predicted molar refractivity (Wildman–Crippen MR) is 306 cm³/mol. The van der Waals surface area contributed by atoms with E-state index in [4.69, 9.17) is 24.9 Å². The van der Waals surface area contributed by atoms with Crippen molar-refractivity contribution in [3.63, 3.8) is 0 Å². The molecule has 3 fully saturated rings. The van der Waals surface area contributed by atoms with Gasteiger partial charge in [0.05, 0.1) is 36.7 Å². The zero-order valence-corrected chi connectivity index (χ0v) is 47.5. The number of carbonyl (C=O) groups is 4. The highest BCUT2D eigenvalue weighted by molar-refractivity contribution is 5.96. The fraction of sp³-hybridized carbons (Fsp3) is 0.492. The highest BCUT2D eigenvalue weighted by Gasteiger charge is 2.42. The van der Waals surface area contributed by atoms with Crippen LogP contribution >= 0.6 is 0 Å². The maximum Gasteiger partial charge on any atom is 0.324 e. The fourth-order valence-electron chi connectivity index (χ4n) is 12.1. The molecule has 0 radical (unpaired) electrons. The summed E-state index contributed by atoms with van der Waals surface area (Å²) in [7, 11) is 3.27. The van der Waals surface area contributed by atoms with E-state index in [0.29, 0.717) is 62.2 Å². The number of pyridine rings is 1. The minimum atomic E-state index is -1.19. The molecule has 5 N–H and O–H groups in total. The maximum atomic E-state index is 15.0. The second-order valence-electron chi connectivity index (χ2n) is 23.2. The van der Waals surface area contributed by atoms with Crippen molar-refractivity contribution in [3.8, 4) is 46.0 Å². The lowest BCUT2D eigenvalue weighted by Gasteiger charge is -2.37. The summed E-state index contributed by atoms with van der Waals surface area (Å²) in [5, 5.41) is 26.4. The standard InChI is InChI=1S/C63H77N9O8/c1-9-71-54-19-16-44-33-49(54)51(57(71)50-30-41(36-66-55(50)39(4)78-8)12-10-23-70-25-20-40(35-64)21-26-70)34-63(5,6)37-80-62(77)52-13-11-24-72(68-52)60(75)53(31-42-28-45(44)32-47(73)29-42)67-59(74)56(38(2)3)69(7)61(76)58-48(22-27-79-58)43-14-17-46(65)18-15-43/h14-19,28-30,32-33,36,38-40,48,52-53,56,58,68,73H,9,11,13,20-27,31,34,37,65H2,1-8H3,(H,67,74). The van der Waals surface area contributed by atoms with E-state index in [-0.39, 0.29) is 55.1 Å². The van der Waals surface area contributed by atoms with Gasteiger partial charge in [0.1, 0.15) is 30.0 Å². The second-order valence-corrected chi connectivity index (χ2v) is 23.2. The molecule has 4 aliphatic heterocycles. The van der Waals surface area contributed by atoms with Crippen LogP contribution in [0.25, 0.3) is 33.3 Å². The van der Waals surface area contributed by atoms with Crippen molar-refractivity contribution in [2.24, 2.45) is 17.3 Å². The van der Waals surface area contributed by atoms with Crippen LogP contribution in [-0.2, 0) is 52.8 Å². The van der Waals surface area contributed by atoms with Crippen molar-refractivity contribution in [2.75, 3.05) is 59.3 Å². The summed E-state index contributed by atoms with van der Waals surface area (Å²) in [5.41, 5.74) is 17.4. The Morgan fingerprint density at radius 2 is 1.77 bits per heavy atom. The smallest absolute Gasteiger partial charge is 0.324 e. The number of likely N-dealkylation sites (tertiary alicyclic amines) is 1. The van der Waals surface area contributed by atoms with Crippen molar-refractivity contribution < 1.29 is 38.5 Å². The van der Waals surface area contributed by atoms with E-state index in [1.165, 1.54) is 9.91 Å². The van der Waals surface area contributed by atoms with E-state index in [1.807, 2.05) is 45.0 Å². The van der Waals surface area contributed by atoms with E-state index in [2.05, 4.69) is 77.1 Å². The van der Waals surface area contributed by atoms with Crippen LogP contribution in [-0.4, -0.2) is 131 Å². The van der Waals surface area contributed by atoms with Gasteiger partial charge in [0, 0.05) is 105 Å². The molecule has 4 aliphatic rings. The molecule has 422 valence electrons. The number of nitrogen functional groups attached to an aromatic ring is 1. The van der Waals surface area contributed by atoms with Crippen LogP contribution in [0.5, 0.6) is 5.75 Å². The Bertz CT molecular complexity index is 3220. The van der Waals surface area contributed by atoms with E-state index in [9.17, 15) is 29.5 Å². The maximum absolute atomic E-state index is 15.0. The number of nitrogens with zero attached hydrogens (tertiary/aromatic N) is 6. The third-order valence-corrected chi connectivity index (χ3v) is 16.4. The molecule has 6 heterocycles. The summed E-state index contributed by atoms with van der Waals surface area (Å²) in [6, 6.07) is 20.3. The molecule has 9 rings (SSSR count). The number of methoxy groups -OCH3 is 1. The van der Waals surface area contributed by atoms with Gasteiger partial charge in [-0.2, -0.15) is 5.26 Å². The number of ether oxygens (including phenoxy) is 3. The number of nitrogens with one attached hydrogen (secondary N) is 2. The Hall–Kier alpha value is -7.28. The number of aryl methyl sites for hydroxylation is 1. The lowest BCUT2D eigenvalue weighted by molar-refractivity contribution is -0.155. The van der Waals surface area contributed by atoms with Crippen molar-refractivity contribution in [2.45, 2.75) is 129 Å². The van der Waals surface area contributed by atoms with Crippen LogP contribution in [0.3, 0.4) is 0 Å². The van der Waals surface area contributed by atoms with Gasteiger partial charge in [-0.3, -0.25) is 34.1 Å². The summed E-state index contributed by atoms with van der Waals surface area (Å²) in [6.07, 6.45) is 4.26. The first kappa shape index (κ1) is 57.4. The number of aromatic hydroxyl groups is 1. The van der Waals surface area contributed by atoms with Gasteiger partial charge in [0.25, 0.3) is 11.8 Å². The number of amides is 3. The number of rotatable bonds is 11. The minimum absolute atomic E-state index is 0.0249. The molecule has 6 atom stereocenters. The summed E-state index contributed by atoms with van der Waals surface area (Å²) in [5.74, 6) is 4.36. The number of nitrogens with two attached hydrogens (primary N) is 1. The van der Waals surface area contributed by atoms with E-state index in [0.717, 1.165) is 76.0 Å². The third kappa shape index (κ3) is 12.5. The zero-order chi connectivity index (χ0) is 57.0. The van der Waals surface area contributed by atoms with Gasteiger partial charge in [0.2, 0.25) is 5.91 Å². The molecule has 2 aromatic heterocycles. The molecule has 3 amide bonds. The first-order valence-electron chi connectivity index (χ1n) is 28.3. The zero-order valence-electron chi connectivity index (χ0n) is 47.5. The number of hydrogen-bond acceptors (Lipinski definition) is 13. The van der Waals surface area contributed by atoms with Gasteiger partial charge >= 0.3 is 5.97 Å². The molecule has 0 saturated carbocycles. The molecule has 3 saturated heterocycles. The van der Waals surface area contributed by atoms with Crippen LogP contribution < -0.4 is 16.5 Å². The van der Waals surface area contributed by atoms with Gasteiger partial charge < -0.3 is 39.8 Å².